The smallest absolute Gasteiger partial charge is 0.0776 e. The number of benzene rings is 5. The molecule has 6 aromatic rings. The molecule has 0 spiro atoms. The highest BCUT2D eigenvalue weighted by atomic mass is 28.3. The van der Waals surface area contributed by atoms with Crippen molar-refractivity contribution in [2.45, 2.75) is 33.5 Å². The Morgan fingerprint density at radius 3 is 1.62 bits per heavy atom. The van der Waals surface area contributed by atoms with Gasteiger partial charge in [0.1, 0.15) is 0 Å². The molecule has 1 nitrogen and oxygen atoms in total. The van der Waals surface area contributed by atoms with Crippen LogP contribution in [0.5, 0.6) is 0 Å². The van der Waals surface area contributed by atoms with Crippen molar-refractivity contribution in [3.8, 4) is 44.6 Å². The fourth-order valence-electron chi connectivity index (χ4n) is 5.73. The van der Waals surface area contributed by atoms with Crippen molar-refractivity contribution in [1.29, 1.82) is 0 Å². The van der Waals surface area contributed by atoms with E-state index in [1.54, 1.807) is 0 Å². The molecule has 0 bridgehead atoms. The van der Waals surface area contributed by atoms with Gasteiger partial charge in [-0.1, -0.05) is 133 Å². The molecule has 1 heterocycles. The number of hydrogen-bond donors (Lipinski definition) is 0. The first-order chi connectivity index (χ1) is 19.3. The van der Waals surface area contributed by atoms with Gasteiger partial charge in [0.2, 0.25) is 0 Å². The number of aromatic nitrogens is 1. The van der Waals surface area contributed by atoms with Crippen LogP contribution in [0, 0.1) is 13.8 Å². The summed E-state index contributed by atoms with van der Waals surface area (Å²) in [6, 6.07) is 44.3. The predicted octanol–water partition coefficient (Wildman–Crippen LogP) is 10.1. The van der Waals surface area contributed by atoms with Gasteiger partial charge in [0, 0.05) is 10.9 Å². The molecule has 2 heteroatoms. The number of aryl methyl sites for hydroxylation is 2. The fraction of sp³-hybridized carbons (Fsp3) is 0.132. The van der Waals surface area contributed by atoms with Gasteiger partial charge in [0.15, 0.2) is 0 Å². The quantitative estimate of drug-likeness (QED) is 0.201. The highest BCUT2D eigenvalue weighted by Gasteiger charge is 2.21. The number of hydrogen-bond acceptors (Lipinski definition) is 1. The Balaban J connectivity index is 1.76. The molecule has 5 aromatic carbocycles. The standard InChI is InChI=1S/C38H35NSi/c1-26-21-27(2)23-30(22-26)37-25-35(34-24-31(40(3,4)5)19-20-36(34)39-37)38-32(28-13-8-6-9-14-28)17-12-18-33(38)29-15-10-7-11-16-29/h6-25H,1-5H3. The molecule has 0 aliphatic heterocycles. The van der Waals surface area contributed by atoms with Crippen molar-refractivity contribution < 1.29 is 0 Å². The van der Waals surface area contributed by atoms with Crippen LogP contribution in [0.25, 0.3) is 55.5 Å². The van der Waals surface area contributed by atoms with Crippen molar-refractivity contribution in [3.63, 3.8) is 0 Å². The Labute approximate surface area is 239 Å². The minimum Gasteiger partial charge on any atom is -0.248 e. The van der Waals surface area contributed by atoms with Crippen LogP contribution < -0.4 is 5.19 Å². The van der Waals surface area contributed by atoms with Gasteiger partial charge in [-0.3, -0.25) is 0 Å². The van der Waals surface area contributed by atoms with E-state index >= 15 is 0 Å². The van der Waals surface area contributed by atoms with E-state index in [0.29, 0.717) is 0 Å². The Hall–Kier alpha value is -4.27. The highest BCUT2D eigenvalue weighted by molar-refractivity contribution is 6.88. The monoisotopic (exact) mass is 533 g/mol. The van der Waals surface area contributed by atoms with Gasteiger partial charge in [-0.05, 0) is 71.5 Å². The largest absolute Gasteiger partial charge is 0.248 e. The molecule has 0 aliphatic carbocycles. The van der Waals surface area contributed by atoms with Crippen LogP contribution in [0.3, 0.4) is 0 Å². The average molecular weight is 534 g/mol. The second-order valence-electron chi connectivity index (χ2n) is 11.9. The average Bonchev–Trinajstić information content (AvgIpc) is 2.96. The number of nitrogens with zero attached hydrogens (tertiary/aromatic N) is 1. The van der Waals surface area contributed by atoms with Crippen LogP contribution >= 0.6 is 0 Å². The van der Waals surface area contributed by atoms with Crippen molar-refractivity contribution in [2.75, 3.05) is 0 Å². The van der Waals surface area contributed by atoms with Crippen molar-refractivity contribution >= 4 is 24.2 Å². The molecular weight excluding hydrogens is 499 g/mol. The molecule has 0 atom stereocenters. The van der Waals surface area contributed by atoms with E-state index in [-0.39, 0.29) is 0 Å². The summed E-state index contributed by atoms with van der Waals surface area (Å²) < 4.78 is 0. The summed E-state index contributed by atoms with van der Waals surface area (Å²) >= 11 is 0. The topological polar surface area (TPSA) is 12.9 Å². The SMILES string of the molecule is Cc1cc(C)cc(-c2cc(-c3c(-c4ccccc4)cccc3-c3ccccc3)c3cc([Si](C)(C)C)ccc3n2)c1. The van der Waals surface area contributed by atoms with Gasteiger partial charge in [0.25, 0.3) is 0 Å². The Bertz CT molecular complexity index is 1750. The van der Waals surface area contributed by atoms with E-state index in [1.165, 1.54) is 55.1 Å². The third-order valence-electron chi connectivity index (χ3n) is 7.70. The molecule has 196 valence electrons. The van der Waals surface area contributed by atoms with Gasteiger partial charge in [-0.15, -0.1) is 0 Å². The lowest BCUT2D eigenvalue weighted by Gasteiger charge is -2.21. The lowest BCUT2D eigenvalue weighted by molar-refractivity contribution is 1.34. The lowest BCUT2D eigenvalue weighted by Crippen LogP contribution is -2.37. The van der Waals surface area contributed by atoms with Crippen LogP contribution in [0.4, 0.5) is 0 Å². The van der Waals surface area contributed by atoms with E-state index in [4.69, 9.17) is 4.98 Å². The van der Waals surface area contributed by atoms with E-state index in [1.807, 2.05) is 0 Å². The summed E-state index contributed by atoms with van der Waals surface area (Å²) in [5.74, 6) is 0. The van der Waals surface area contributed by atoms with Gasteiger partial charge in [-0.25, -0.2) is 4.98 Å². The summed E-state index contributed by atoms with van der Waals surface area (Å²) in [5, 5.41) is 2.66. The third-order valence-corrected chi connectivity index (χ3v) is 9.74. The van der Waals surface area contributed by atoms with Crippen LogP contribution in [-0.4, -0.2) is 13.1 Å². The lowest BCUT2D eigenvalue weighted by atomic mass is 9.85. The number of rotatable bonds is 5. The van der Waals surface area contributed by atoms with Gasteiger partial charge in [-0.2, -0.15) is 0 Å². The maximum atomic E-state index is 5.26. The second-order valence-corrected chi connectivity index (χ2v) is 17.0. The molecule has 0 aliphatic rings. The first kappa shape index (κ1) is 26.0. The van der Waals surface area contributed by atoms with Crippen LogP contribution in [0.1, 0.15) is 11.1 Å². The number of pyridine rings is 1. The summed E-state index contributed by atoms with van der Waals surface area (Å²) in [6.07, 6.45) is 0. The third kappa shape index (κ3) is 5.03. The molecule has 6 rings (SSSR count). The molecule has 0 N–H and O–H groups in total. The molecular formula is C38H35NSi. The summed E-state index contributed by atoms with van der Waals surface area (Å²) in [5.41, 5.74) is 13.1. The normalized spacial score (nSPS) is 11.6. The summed E-state index contributed by atoms with van der Waals surface area (Å²) in [6.45, 7) is 11.6. The van der Waals surface area contributed by atoms with Crippen molar-refractivity contribution in [1.82, 2.24) is 4.98 Å². The van der Waals surface area contributed by atoms with Gasteiger partial charge < -0.3 is 0 Å². The second kappa shape index (κ2) is 10.4. The van der Waals surface area contributed by atoms with Crippen molar-refractivity contribution in [3.05, 3.63) is 132 Å². The maximum Gasteiger partial charge on any atom is 0.0776 e. The molecule has 0 saturated carbocycles. The van der Waals surface area contributed by atoms with E-state index < -0.39 is 8.07 Å². The van der Waals surface area contributed by atoms with Crippen LogP contribution in [0.2, 0.25) is 19.6 Å². The van der Waals surface area contributed by atoms with E-state index in [2.05, 4.69) is 155 Å². The zero-order valence-electron chi connectivity index (χ0n) is 24.0. The van der Waals surface area contributed by atoms with Gasteiger partial charge >= 0.3 is 0 Å². The minimum atomic E-state index is -1.55. The van der Waals surface area contributed by atoms with Crippen molar-refractivity contribution in [2.24, 2.45) is 0 Å². The first-order valence-corrected chi connectivity index (χ1v) is 17.6. The molecule has 0 saturated heterocycles. The van der Waals surface area contributed by atoms with Gasteiger partial charge in [0.05, 0.1) is 19.3 Å². The molecule has 0 fully saturated rings. The molecule has 0 unspecified atom stereocenters. The molecule has 1 aromatic heterocycles. The summed E-state index contributed by atoms with van der Waals surface area (Å²) in [4.78, 5) is 5.26. The molecule has 0 radical (unpaired) electrons. The first-order valence-electron chi connectivity index (χ1n) is 14.1. The Morgan fingerprint density at radius 2 is 1.07 bits per heavy atom. The predicted molar refractivity (Wildman–Crippen MR) is 176 cm³/mol. The Kier molecular flexibility index (Phi) is 6.73. The molecule has 40 heavy (non-hydrogen) atoms. The minimum absolute atomic E-state index is 1.01. The zero-order valence-corrected chi connectivity index (χ0v) is 25.0. The fourth-order valence-corrected chi connectivity index (χ4v) is 6.89. The highest BCUT2D eigenvalue weighted by Crippen LogP contribution is 2.43. The molecule has 0 amide bonds. The maximum absolute atomic E-state index is 5.26. The van der Waals surface area contributed by atoms with E-state index in [9.17, 15) is 0 Å². The van der Waals surface area contributed by atoms with Crippen LogP contribution in [0.15, 0.2) is 121 Å². The zero-order chi connectivity index (χ0) is 27.9. The summed E-state index contributed by atoms with van der Waals surface area (Å²) in [7, 11) is -1.55. The Morgan fingerprint density at radius 1 is 0.500 bits per heavy atom. The van der Waals surface area contributed by atoms with E-state index in [0.717, 1.165) is 16.8 Å². The van der Waals surface area contributed by atoms with Crippen LogP contribution in [-0.2, 0) is 0 Å². The number of fused-ring (bicyclic) bond motifs is 1.